The van der Waals surface area contributed by atoms with Gasteiger partial charge in [-0.05, 0) is 24.8 Å². The van der Waals surface area contributed by atoms with Gasteiger partial charge in [0.05, 0.1) is 18.3 Å². The first-order chi connectivity index (χ1) is 12.9. The highest BCUT2D eigenvalue weighted by molar-refractivity contribution is 7.17. The maximum absolute atomic E-state index is 13.2. The monoisotopic (exact) mass is 384 g/mol. The van der Waals surface area contributed by atoms with Gasteiger partial charge in [0.2, 0.25) is 0 Å². The van der Waals surface area contributed by atoms with E-state index in [4.69, 9.17) is 4.74 Å². The number of rotatable bonds is 6. The van der Waals surface area contributed by atoms with Gasteiger partial charge >= 0.3 is 5.97 Å². The zero-order chi connectivity index (χ0) is 19.6. The van der Waals surface area contributed by atoms with Gasteiger partial charge in [0.15, 0.2) is 0 Å². The van der Waals surface area contributed by atoms with Crippen LogP contribution >= 0.6 is 11.3 Å². The molecule has 1 aromatic carbocycles. The van der Waals surface area contributed by atoms with Crippen molar-refractivity contribution in [1.29, 1.82) is 0 Å². The van der Waals surface area contributed by atoms with E-state index in [9.17, 15) is 9.59 Å². The molecule has 0 fully saturated rings. The molecule has 3 rings (SSSR count). The fourth-order valence-corrected chi connectivity index (χ4v) is 3.84. The highest BCUT2D eigenvalue weighted by Gasteiger charge is 2.24. The van der Waals surface area contributed by atoms with E-state index < -0.39 is 6.04 Å². The third-order valence-electron chi connectivity index (χ3n) is 4.44. The second kappa shape index (κ2) is 8.05. The molecular weight excluding hydrogens is 360 g/mol. The molecule has 0 unspecified atom stereocenters. The van der Waals surface area contributed by atoms with Crippen molar-refractivity contribution in [1.82, 2.24) is 9.55 Å². The summed E-state index contributed by atoms with van der Waals surface area (Å²) in [5.74, 6) is -0.143. The summed E-state index contributed by atoms with van der Waals surface area (Å²) >= 11 is 1.44. The number of hydrogen-bond donors (Lipinski definition) is 0. The first kappa shape index (κ1) is 19.3. The summed E-state index contributed by atoms with van der Waals surface area (Å²) in [6.45, 7) is 8.19. The van der Waals surface area contributed by atoms with Gasteiger partial charge in [-0.15, -0.1) is 11.3 Å². The van der Waals surface area contributed by atoms with E-state index in [1.165, 1.54) is 22.2 Å². The van der Waals surface area contributed by atoms with Gasteiger partial charge in [0, 0.05) is 10.9 Å². The lowest BCUT2D eigenvalue weighted by Crippen LogP contribution is -2.31. The number of esters is 1. The summed E-state index contributed by atoms with van der Waals surface area (Å²) in [7, 11) is 0. The first-order valence-electron chi connectivity index (χ1n) is 9.14. The number of aromatic nitrogens is 2. The molecule has 0 saturated carbocycles. The second-order valence-electron chi connectivity index (χ2n) is 7.10. The Morgan fingerprint density at radius 2 is 1.96 bits per heavy atom. The molecule has 1 atom stereocenters. The summed E-state index contributed by atoms with van der Waals surface area (Å²) in [4.78, 5) is 30.8. The van der Waals surface area contributed by atoms with Crippen LogP contribution in [0.25, 0.3) is 21.3 Å². The normalized spacial score (nSPS) is 12.5. The lowest BCUT2D eigenvalue weighted by molar-refractivity contribution is -0.149. The molecule has 2 heterocycles. The third kappa shape index (κ3) is 3.95. The molecular formula is C21H24N2O3S. The maximum atomic E-state index is 13.2. The molecule has 0 aliphatic rings. The lowest BCUT2D eigenvalue weighted by atomic mass is 10.0. The van der Waals surface area contributed by atoms with Crippen LogP contribution in [-0.4, -0.2) is 22.1 Å². The summed E-state index contributed by atoms with van der Waals surface area (Å²) in [5.41, 5.74) is 2.78. The zero-order valence-electron chi connectivity index (χ0n) is 16.1. The van der Waals surface area contributed by atoms with E-state index in [1.807, 2.05) is 57.3 Å². The average Bonchev–Trinajstić information content (AvgIpc) is 3.08. The Balaban J connectivity index is 2.06. The average molecular weight is 385 g/mol. The Hall–Kier alpha value is -2.47. The lowest BCUT2D eigenvalue weighted by Gasteiger charge is -2.17. The molecule has 6 heteroatoms. The van der Waals surface area contributed by atoms with Crippen LogP contribution in [0, 0.1) is 12.8 Å². The molecule has 0 aliphatic heterocycles. The van der Waals surface area contributed by atoms with Crippen molar-refractivity contribution in [3.05, 3.63) is 51.9 Å². The van der Waals surface area contributed by atoms with Crippen molar-refractivity contribution in [2.24, 2.45) is 5.92 Å². The molecule has 142 valence electrons. The van der Waals surface area contributed by atoms with Gasteiger partial charge in [0.1, 0.15) is 10.9 Å². The van der Waals surface area contributed by atoms with E-state index >= 15 is 0 Å². The van der Waals surface area contributed by atoms with Crippen molar-refractivity contribution in [3.63, 3.8) is 0 Å². The number of thiophene rings is 1. The molecule has 0 saturated heterocycles. The molecule has 0 aliphatic carbocycles. The molecule has 5 nitrogen and oxygen atoms in total. The molecule has 27 heavy (non-hydrogen) atoms. The molecule has 0 radical (unpaired) electrons. The fraction of sp³-hybridized carbons (Fsp3) is 0.381. The first-order valence-corrected chi connectivity index (χ1v) is 10.0. The van der Waals surface area contributed by atoms with Gasteiger partial charge in [-0.25, -0.2) is 9.78 Å². The minimum absolute atomic E-state index is 0.204. The van der Waals surface area contributed by atoms with E-state index in [2.05, 4.69) is 4.98 Å². The second-order valence-corrected chi connectivity index (χ2v) is 7.96. The largest absolute Gasteiger partial charge is 0.464 e. The van der Waals surface area contributed by atoms with Crippen molar-refractivity contribution < 1.29 is 9.53 Å². The van der Waals surface area contributed by atoms with Crippen molar-refractivity contribution in [3.8, 4) is 11.1 Å². The van der Waals surface area contributed by atoms with Gasteiger partial charge in [0.25, 0.3) is 5.56 Å². The number of ether oxygens (including phenoxy) is 1. The van der Waals surface area contributed by atoms with Crippen LogP contribution in [0.3, 0.4) is 0 Å². The molecule has 0 N–H and O–H groups in total. The third-order valence-corrected chi connectivity index (χ3v) is 5.32. The van der Waals surface area contributed by atoms with Crippen LogP contribution in [-0.2, 0) is 9.53 Å². The van der Waals surface area contributed by atoms with Gasteiger partial charge in [-0.1, -0.05) is 50.6 Å². The molecule has 2 aromatic heterocycles. The quantitative estimate of drug-likeness (QED) is 0.584. The highest BCUT2D eigenvalue weighted by atomic mass is 32.1. The van der Waals surface area contributed by atoms with Crippen molar-refractivity contribution >= 4 is 27.5 Å². The molecule has 0 spiro atoms. The van der Waals surface area contributed by atoms with Crippen LogP contribution < -0.4 is 5.56 Å². The topological polar surface area (TPSA) is 61.2 Å². The van der Waals surface area contributed by atoms with Gasteiger partial charge in [-0.3, -0.25) is 9.36 Å². The summed E-state index contributed by atoms with van der Waals surface area (Å²) in [6.07, 6.45) is 1.93. The minimum atomic E-state index is -0.668. The van der Waals surface area contributed by atoms with E-state index in [0.717, 1.165) is 16.7 Å². The van der Waals surface area contributed by atoms with Crippen molar-refractivity contribution in [2.75, 3.05) is 6.61 Å². The SMILES string of the molecule is CC[C@H](C(=O)OCC(C)C)n1cnc2scc(-c3ccc(C)cc3)c2c1=O. The maximum Gasteiger partial charge on any atom is 0.329 e. The number of benzene rings is 1. The van der Waals surface area contributed by atoms with E-state index in [-0.39, 0.29) is 17.4 Å². The Bertz CT molecular complexity index is 1000. The summed E-state index contributed by atoms with van der Waals surface area (Å²) in [6, 6.07) is 7.38. The number of hydrogen-bond acceptors (Lipinski definition) is 5. The minimum Gasteiger partial charge on any atom is -0.464 e. The Morgan fingerprint density at radius 1 is 1.26 bits per heavy atom. The van der Waals surface area contributed by atoms with Gasteiger partial charge in [-0.2, -0.15) is 0 Å². The molecule has 0 bridgehead atoms. The molecule has 3 aromatic rings. The molecule has 0 amide bonds. The summed E-state index contributed by atoms with van der Waals surface area (Å²) < 4.78 is 6.78. The van der Waals surface area contributed by atoms with Crippen LogP contribution in [0.4, 0.5) is 0 Å². The summed E-state index contributed by atoms with van der Waals surface area (Å²) in [5, 5.41) is 2.51. The smallest absolute Gasteiger partial charge is 0.329 e. The van der Waals surface area contributed by atoms with Crippen LogP contribution in [0.2, 0.25) is 0 Å². The highest BCUT2D eigenvalue weighted by Crippen LogP contribution is 2.31. The Labute approximate surface area is 162 Å². The van der Waals surface area contributed by atoms with E-state index in [1.54, 1.807) is 0 Å². The number of carbonyl (C=O) groups is 1. The predicted octanol–water partition coefficient (Wildman–Crippen LogP) is 4.58. The van der Waals surface area contributed by atoms with Crippen LogP contribution in [0.1, 0.15) is 38.8 Å². The van der Waals surface area contributed by atoms with E-state index in [0.29, 0.717) is 23.2 Å². The predicted molar refractivity (Wildman–Crippen MR) is 109 cm³/mol. The van der Waals surface area contributed by atoms with Crippen LogP contribution in [0.15, 0.2) is 40.8 Å². The number of fused-ring (bicyclic) bond motifs is 1. The number of carbonyl (C=O) groups excluding carboxylic acids is 1. The van der Waals surface area contributed by atoms with Gasteiger partial charge < -0.3 is 4.74 Å². The number of aryl methyl sites for hydroxylation is 1. The Morgan fingerprint density at radius 3 is 2.59 bits per heavy atom. The Kier molecular flexibility index (Phi) is 5.75. The standard InChI is InChI=1S/C21H24N2O3S/c1-5-17(21(25)26-10-13(2)3)23-12-22-19-18(20(23)24)16(11-27-19)15-8-6-14(4)7-9-15/h6-9,11-13,17H,5,10H2,1-4H3/t17-/m1/s1. The number of nitrogens with zero attached hydrogens (tertiary/aromatic N) is 2. The fourth-order valence-electron chi connectivity index (χ4n) is 2.94. The zero-order valence-corrected chi connectivity index (χ0v) is 16.9. The van der Waals surface area contributed by atoms with Crippen molar-refractivity contribution in [2.45, 2.75) is 40.2 Å². The van der Waals surface area contributed by atoms with Crippen LogP contribution in [0.5, 0.6) is 0 Å².